The number of hydrogen-bond donors (Lipinski definition) is 2. The molecule has 30 heavy (non-hydrogen) atoms. The molecular weight excluding hydrogens is 393 g/mol. The van der Waals surface area contributed by atoms with Crippen LogP contribution in [0.1, 0.15) is 28.8 Å². The Balaban J connectivity index is 1.62. The molecule has 1 aliphatic rings. The number of nitrogens with zero attached hydrogens (tertiary/aromatic N) is 2. The second kappa shape index (κ2) is 8.11. The molecule has 0 radical (unpaired) electrons. The van der Waals surface area contributed by atoms with Gasteiger partial charge in [-0.2, -0.15) is 0 Å². The van der Waals surface area contributed by atoms with Crippen molar-refractivity contribution in [1.82, 2.24) is 14.3 Å². The molecule has 3 aromatic rings. The first-order valence-electron chi connectivity index (χ1n) is 9.55. The standard InChI is InChI=1S/C21H20FN3O5/c22-14-5-3-13(4-6-14)10-23-20(28)16-12-24-7-8-25(11-15-2-1-9-30-15)21(29)17(24)19(27)18(16)26/h3-8,12,15,27H,1-2,9-11H2,(H,23,28). The van der Waals surface area contributed by atoms with E-state index in [9.17, 15) is 23.9 Å². The molecule has 2 N–H and O–H groups in total. The second-order valence-electron chi connectivity index (χ2n) is 7.18. The number of carbonyl (C=O) groups is 1. The van der Waals surface area contributed by atoms with E-state index in [1.54, 1.807) is 0 Å². The van der Waals surface area contributed by atoms with Gasteiger partial charge < -0.3 is 24.1 Å². The topological polar surface area (TPSA) is 102 Å². The van der Waals surface area contributed by atoms with Gasteiger partial charge in [0.1, 0.15) is 11.4 Å². The highest BCUT2D eigenvalue weighted by Gasteiger charge is 2.21. The summed E-state index contributed by atoms with van der Waals surface area (Å²) in [6.07, 6.45) is 5.92. The maximum Gasteiger partial charge on any atom is 0.278 e. The number of aromatic nitrogens is 2. The molecule has 8 nitrogen and oxygen atoms in total. The molecule has 1 amide bonds. The fraction of sp³-hybridized carbons (Fsp3) is 0.286. The van der Waals surface area contributed by atoms with E-state index in [0.29, 0.717) is 18.7 Å². The quantitative estimate of drug-likeness (QED) is 0.659. The SMILES string of the molecule is O=C(NCc1ccc(F)cc1)c1cn2ccn(CC3CCCO3)c(=O)c2c(O)c1=O. The van der Waals surface area contributed by atoms with Gasteiger partial charge in [0.15, 0.2) is 11.3 Å². The van der Waals surface area contributed by atoms with Crippen molar-refractivity contribution >= 4 is 11.4 Å². The molecule has 1 unspecified atom stereocenters. The fourth-order valence-corrected chi connectivity index (χ4v) is 3.50. The lowest BCUT2D eigenvalue weighted by atomic mass is 10.2. The van der Waals surface area contributed by atoms with Crippen molar-refractivity contribution in [1.29, 1.82) is 0 Å². The zero-order valence-corrected chi connectivity index (χ0v) is 16.0. The normalized spacial score (nSPS) is 16.1. The van der Waals surface area contributed by atoms with Gasteiger partial charge in [-0.25, -0.2) is 4.39 Å². The Bertz CT molecular complexity index is 1210. The van der Waals surface area contributed by atoms with Crippen LogP contribution in [-0.4, -0.2) is 32.7 Å². The molecule has 0 aliphatic carbocycles. The minimum absolute atomic E-state index is 0.0744. The average Bonchev–Trinajstić information content (AvgIpc) is 3.25. The third kappa shape index (κ3) is 3.84. The number of hydrogen-bond acceptors (Lipinski definition) is 5. The maximum absolute atomic E-state index is 13.0. The summed E-state index contributed by atoms with van der Waals surface area (Å²) in [4.78, 5) is 37.8. The minimum atomic E-state index is -0.932. The fourth-order valence-electron chi connectivity index (χ4n) is 3.50. The van der Waals surface area contributed by atoms with Gasteiger partial charge in [-0.1, -0.05) is 12.1 Å². The van der Waals surface area contributed by atoms with Crippen molar-refractivity contribution in [3.63, 3.8) is 0 Å². The van der Waals surface area contributed by atoms with Crippen molar-refractivity contribution < 1.29 is 19.0 Å². The molecule has 4 rings (SSSR count). The van der Waals surface area contributed by atoms with E-state index in [2.05, 4.69) is 5.32 Å². The Morgan fingerprint density at radius 3 is 2.70 bits per heavy atom. The van der Waals surface area contributed by atoms with Crippen molar-refractivity contribution in [3.05, 3.63) is 80.4 Å². The highest BCUT2D eigenvalue weighted by atomic mass is 19.1. The number of nitrogens with one attached hydrogen (secondary N) is 1. The third-order valence-corrected chi connectivity index (χ3v) is 5.12. The summed E-state index contributed by atoms with van der Waals surface area (Å²) in [5.74, 6) is -1.89. The Morgan fingerprint density at radius 2 is 2.00 bits per heavy atom. The van der Waals surface area contributed by atoms with Gasteiger partial charge in [-0.3, -0.25) is 14.4 Å². The highest BCUT2D eigenvalue weighted by molar-refractivity contribution is 5.94. The molecule has 2 aromatic heterocycles. The van der Waals surface area contributed by atoms with E-state index in [1.165, 1.54) is 51.8 Å². The van der Waals surface area contributed by atoms with Crippen LogP contribution >= 0.6 is 0 Å². The first-order valence-corrected chi connectivity index (χ1v) is 9.55. The predicted molar refractivity (Wildman–Crippen MR) is 106 cm³/mol. The summed E-state index contributed by atoms with van der Waals surface area (Å²) in [6.45, 7) is 1.04. The molecule has 1 saturated heterocycles. The van der Waals surface area contributed by atoms with Gasteiger partial charge in [0, 0.05) is 31.7 Å². The maximum atomic E-state index is 13.0. The van der Waals surface area contributed by atoms with Gasteiger partial charge in [0.25, 0.3) is 11.5 Å². The van der Waals surface area contributed by atoms with E-state index in [1.807, 2.05) is 0 Å². The largest absolute Gasteiger partial charge is 0.503 e. The van der Waals surface area contributed by atoms with Crippen LogP contribution in [0.2, 0.25) is 0 Å². The van der Waals surface area contributed by atoms with Crippen molar-refractivity contribution in [2.24, 2.45) is 0 Å². The summed E-state index contributed by atoms with van der Waals surface area (Å²) < 4.78 is 21.2. The first-order chi connectivity index (χ1) is 14.4. The number of amides is 1. The number of ether oxygens (including phenoxy) is 1. The lowest BCUT2D eigenvalue weighted by Gasteiger charge is -2.14. The summed E-state index contributed by atoms with van der Waals surface area (Å²) in [7, 11) is 0. The summed E-state index contributed by atoms with van der Waals surface area (Å²) in [5.41, 5.74) is -1.33. The molecule has 3 heterocycles. The van der Waals surface area contributed by atoms with E-state index in [0.717, 1.165) is 12.8 Å². The van der Waals surface area contributed by atoms with E-state index in [-0.39, 0.29) is 23.7 Å². The second-order valence-corrected chi connectivity index (χ2v) is 7.18. The number of benzene rings is 1. The molecular formula is C21H20FN3O5. The molecule has 0 bridgehead atoms. The predicted octanol–water partition coefficient (Wildman–Crippen LogP) is 1.41. The van der Waals surface area contributed by atoms with Crippen LogP contribution in [0.4, 0.5) is 4.39 Å². The minimum Gasteiger partial charge on any atom is -0.503 e. The molecule has 9 heteroatoms. The van der Waals surface area contributed by atoms with Crippen molar-refractivity contribution in [2.45, 2.75) is 32.0 Å². The van der Waals surface area contributed by atoms with Gasteiger partial charge in [0.05, 0.1) is 12.6 Å². The Kier molecular flexibility index (Phi) is 5.37. The van der Waals surface area contributed by atoms with Gasteiger partial charge in [-0.05, 0) is 30.5 Å². The van der Waals surface area contributed by atoms with Crippen LogP contribution in [-0.2, 0) is 17.8 Å². The molecule has 0 spiro atoms. The molecule has 1 fully saturated rings. The summed E-state index contributed by atoms with van der Waals surface area (Å²) >= 11 is 0. The van der Waals surface area contributed by atoms with Gasteiger partial charge >= 0.3 is 0 Å². The molecule has 1 aromatic carbocycles. The monoisotopic (exact) mass is 413 g/mol. The smallest absolute Gasteiger partial charge is 0.278 e. The number of aromatic hydroxyl groups is 1. The van der Waals surface area contributed by atoms with E-state index < -0.39 is 28.5 Å². The van der Waals surface area contributed by atoms with Gasteiger partial charge in [0.2, 0.25) is 5.43 Å². The molecule has 0 saturated carbocycles. The van der Waals surface area contributed by atoms with Crippen LogP contribution in [0.15, 0.2) is 52.4 Å². The Labute approximate surface area is 170 Å². The van der Waals surface area contributed by atoms with E-state index >= 15 is 0 Å². The zero-order valence-electron chi connectivity index (χ0n) is 16.0. The lowest BCUT2D eigenvalue weighted by molar-refractivity contribution is 0.0948. The zero-order chi connectivity index (χ0) is 21.3. The van der Waals surface area contributed by atoms with Gasteiger partial charge in [-0.15, -0.1) is 0 Å². The molecule has 156 valence electrons. The summed E-state index contributed by atoms with van der Waals surface area (Å²) in [6, 6.07) is 5.55. The Hall–Kier alpha value is -3.46. The average molecular weight is 413 g/mol. The number of fused-ring (bicyclic) bond motifs is 1. The number of pyridine rings is 1. The number of halogens is 1. The third-order valence-electron chi connectivity index (χ3n) is 5.12. The first kappa shape index (κ1) is 19.8. The Morgan fingerprint density at radius 1 is 1.23 bits per heavy atom. The van der Waals surface area contributed by atoms with E-state index in [4.69, 9.17) is 4.74 Å². The van der Waals surface area contributed by atoms with Crippen molar-refractivity contribution in [2.75, 3.05) is 6.61 Å². The number of rotatable bonds is 5. The van der Waals surface area contributed by atoms with Crippen LogP contribution in [0.3, 0.4) is 0 Å². The molecule has 1 aliphatic heterocycles. The van der Waals surface area contributed by atoms with Crippen LogP contribution in [0, 0.1) is 5.82 Å². The van der Waals surface area contributed by atoms with Crippen molar-refractivity contribution in [3.8, 4) is 5.75 Å². The molecule has 1 atom stereocenters. The van der Waals surface area contributed by atoms with Crippen LogP contribution in [0.5, 0.6) is 5.75 Å². The van der Waals surface area contributed by atoms with Crippen LogP contribution in [0.25, 0.3) is 5.52 Å². The highest BCUT2D eigenvalue weighted by Crippen LogP contribution is 2.15. The lowest BCUT2D eigenvalue weighted by Crippen LogP contribution is -2.32. The number of carbonyl (C=O) groups excluding carboxylic acids is 1. The van der Waals surface area contributed by atoms with Crippen LogP contribution < -0.4 is 16.3 Å². The summed E-state index contributed by atoms with van der Waals surface area (Å²) in [5, 5.41) is 12.9.